The van der Waals surface area contributed by atoms with Crippen LogP contribution in [0, 0.1) is 5.82 Å². The van der Waals surface area contributed by atoms with Gasteiger partial charge in [0.25, 0.3) is 5.91 Å². The molecule has 0 aliphatic heterocycles. The Balaban J connectivity index is 1.93. The van der Waals surface area contributed by atoms with Gasteiger partial charge in [0.2, 0.25) is 0 Å². The van der Waals surface area contributed by atoms with Gasteiger partial charge in [-0.3, -0.25) is 4.79 Å². The van der Waals surface area contributed by atoms with Gasteiger partial charge in [0.05, 0.1) is 10.6 Å². The molecule has 0 atom stereocenters. The predicted octanol–water partition coefficient (Wildman–Crippen LogP) is 3.93. The summed E-state index contributed by atoms with van der Waals surface area (Å²) >= 11 is 11.6. The summed E-state index contributed by atoms with van der Waals surface area (Å²) in [5.41, 5.74) is 0.328. The third-order valence-corrected chi connectivity index (χ3v) is 3.16. The van der Waals surface area contributed by atoms with Gasteiger partial charge in [-0.25, -0.2) is 9.18 Å². The fraction of sp³-hybridized carbons (Fsp3) is 0.0667. The Labute approximate surface area is 135 Å². The van der Waals surface area contributed by atoms with Crippen LogP contribution in [0.25, 0.3) is 0 Å². The van der Waals surface area contributed by atoms with E-state index >= 15 is 0 Å². The van der Waals surface area contributed by atoms with E-state index in [1.165, 1.54) is 36.4 Å². The summed E-state index contributed by atoms with van der Waals surface area (Å²) in [6, 6.07) is 9.67. The Morgan fingerprint density at radius 1 is 1.14 bits per heavy atom. The average Bonchev–Trinajstić information content (AvgIpc) is 2.47. The Morgan fingerprint density at radius 2 is 1.91 bits per heavy atom. The number of rotatable bonds is 4. The molecule has 0 radical (unpaired) electrons. The van der Waals surface area contributed by atoms with Crippen LogP contribution in [0.1, 0.15) is 10.4 Å². The quantitative estimate of drug-likeness (QED) is 0.857. The lowest BCUT2D eigenvalue weighted by atomic mass is 10.2. The predicted molar refractivity (Wildman–Crippen MR) is 81.8 cm³/mol. The number of nitrogens with one attached hydrogen (secondary N) is 1. The molecule has 0 aliphatic rings. The second-order valence-electron chi connectivity index (χ2n) is 4.26. The van der Waals surface area contributed by atoms with Crippen LogP contribution >= 0.6 is 23.2 Å². The molecule has 0 heterocycles. The van der Waals surface area contributed by atoms with Crippen LogP contribution in [0.5, 0.6) is 0 Å². The highest BCUT2D eigenvalue weighted by atomic mass is 35.5. The van der Waals surface area contributed by atoms with Crippen molar-refractivity contribution in [2.75, 3.05) is 11.9 Å². The second-order valence-corrected chi connectivity index (χ2v) is 5.10. The zero-order chi connectivity index (χ0) is 16.1. The lowest BCUT2D eigenvalue weighted by Gasteiger charge is -2.08. The molecular weight excluding hydrogens is 332 g/mol. The zero-order valence-corrected chi connectivity index (χ0v) is 12.6. The van der Waals surface area contributed by atoms with E-state index in [9.17, 15) is 14.0 Å². The summed E-state index contributed by atoms with van der Waals surface area (Å²) in [7, 11) is 0. The standard InChI is InChI=1S/C15H10Cl2FNO3/c16-9-4-5-13(17)12(6-9)15(21)22-8-14(20)19-11-3-1-2-10(18)7-11/h1-7H,8H2,(H,19,20). The van der Waals surface area contributed by atoms with Crippen molar-refractivity contribution < 1.29 is 18.7 Å². The van der Waals surface area contributed by atoms with Gasteiger partial charge in [0.15, 0.2) is 6.61 Å². The Kier molecular flexibility index (Phi) is 5.35. The van der Waals surface area contributed by atoms with Crippen molar-refractivity contribution in [1.29, 1.82) is 0 Å². The molecule has 1 N–H and O–H groups in total. The molecule has 0 aromatic heterocycles. The molecule has 0 aliphatic carbocycles. The molecule has 4 nitrogen and oxygen atoms in total. The minimum Gasteiger partial charge on any atom is -0.452 e. The number of ether oxygens (including phenoxy) is 1. The van der Waals surface area contributed by atoms with Crippen molar-refractivity contribution >= 4 is 40.8 Å². The third kappa shape index (κ3) is 4.44. The van der Waals surface area contributed by atoms with Crippen LogP contribution in [0.2, 0.25) is 10.0 Å². The molecule has 22 heavy (non-hydrogen) atoms. The van der Waals surface area contributed by atoms with Crippen molar-refractivity contribution in [3.05, 3.63) is 63.9 Å². The topological polar surface area (TPSA) is 55.4 Å². The first-order valence-electron chi connectivity index (χ1n) is 6.13. The zero-order valence-electron chi connectivity index (χ0n) is 11.1. The molecule has 0 saturated carbocycles. The number of amides is 1. The second kappa shape index (κ2) is 7.24. The van der Waals surface area contributed by atoms with Crippen molar-refractivity contribution in [3.63, 3.8) is 0 Å². The average molecular weight is 342 g/mol. The fourth-order valence-electron chi connectivity index (χ4n) is 1.63. The van der Waals surface area contributed by atoms with Crippen molar-refractivity contribution in [1.82, 2.24) is 0 Å². The van der Waals surface area contributed by atoms with E-state index in [1.807, 2.05) is 0 Å². The monoisotopic (exact) mass is 341 g/mol. The highest BCUT2D eigenvalue weighted by Crippen LogP contribution is 2.21. The van der Waals surface area contributed by atoms with E-state index in [1.54, 1.807) is 0 Å². The van der Waals surface area contributed by atoms with Gasteiger partial charge < -0.3 is 10.1 Å². The number of halogens is 3. The van der Waals surface area contributed by atoms with E-state index in [4.69, 9.17) is 27.9 Å². The number of anilines is 1. The molecule has 0 spiro atoms. The molecule has 0 bridgehead atoms. The summed E-state index contributed by atoms with van der Waals surface area (Å²) < 4.78 is 17.8. The maximum Gasteiger partial charge on any atom is 0.340 e. The maximum atomic E-state index is 13.0. The highest BCUT2D eigenvalue weighted by molar-refractivity contribution is 6.35. The molecule has 0 saturated heterocycles. The minimum absolute atomic E-state index is 0.0627. The first-order chi connectivity index (χ1) is 10.5. The first-order valence-corrected chi connectivity index (χ1v) is 6.89. The van der Waals surface area contributed by atoms with Crippen LogP contribution in [-0.2, 0) is 9.53 Å². The molecule has 0 fully saturated rings. The number of esters is 1. The molecule has 7 heteroatoms. The van der Waals surface area contributed by atoms with Crippen LogP contribution in [0.3, 0.4) is 0 Å². The Bertz CT molecular complexity index is 722. The van der Waals surface area contributed by atoms with Crippen LogP contribution in [0.4, 0.5) is 10.1 Å². The third-order valence-electron chi connectivity index (χ3n) is 2.59. The number of benzene rings is 2. The largest absolute Gasteiger partial charge is 0.452 e. The van der Waals surface area contributed by atoms with Gasteiger partial charge in [0, 0.05) is 10.7 Å². The smallest absolute Gasteiger partial charge is 0.340 e. The molecular formula is C15H10Cl2FNO3. The van der Waals surface area contributed by atoms with Gasteiger partial charge in [-0.2, -0.15) is 0 Å². The SMILES string of the molecule is O=C(COC(=O)c1cc(Cl)ccc1Cl)Nc1cccc(F)c1. The highest BCUT2D eigenvalue weighted by Gasteiger charge is 2.14. The normalized spacial score (nSPS) is 10.1. The Hall–Kier alpha value is -2.11. The summed E-state index contributed by atoms with van der Waals surface area (Å²) in [5.74, 6) is -1.86. The summed E-state index contributed by atoms with van der Waals surface area (Å²) in [4.78, 5) is 23.5. The number of carbonyl (C=O) groups excluding carboxylic acids is 2. The van der Waals surface area contributed by atoms with E-state index in [0.717, 1.165) is 6.07 Å². The lowest BCUT2D eigenvalue weighted by molar-refractivity contribution is -0.119. The van der Waals surface area contributed by atoms with Crippen LogP contribution < -0.4 is 5.32 Å². The molecule has 2 aromatic carbocycles. The van der Waals surface area contributed by atoms with E-state index in [2.05, 4.69) is 5.32 Å². The van der Waals surface area contributed by atoms with Crippen LogP contribution in [0.15, 0.2) is 42.5 Å². The van der Waals surface area contributed by atoms with E-state index in [0.29, 0.717) is 5.02 Å². The van der Waals surface area contributed by atoms with Crippen molar-refractivity contribution in [2.24, 2.45) is 0 Å². The molecule has 2 rings (SSSR count). The van der Waals surface area contributed by atoms with Gasteiger partial charge in [0.1, 0.15) is 5.82 Å². The lowest BCUT2D eigenvalue weighted by Crippen LogP contribution is -2.21. The van der Waals surface area contributed by atoms with Gasteiger partial charge in [-0.05, 0) is 36.4 Å². The summed E-state index contributed by atoms with van der Waals surface area (Å²) in [6.45, 7) is -0.530. The number of hydrogen-bond donors (Lipinski definition) is 1. The van der Waals surface area contributed by atoms with E-state index in [-0.39, 0.29) is 16.3 Å². The molecule has 2 aromatic rings. The van der Waals surface area contributed by atoms with Gasteiger partial charge in [-0.15, -0.1) is 0 Å². The van der Waals surface area contributed by atoms with Crippen molar-refractivity contribution in [3.8, 4) is 0 Å². The van der Waals surface area contributed by atoms with Gasteiger partial charge >= 0.3 is 5.97 Å². The number of hydrogen-bond acceptors (Lipinski definition) is 3. The summed E-state index contributed by atoms with van der Waals surface area (Å²) in [6.07, 6.45) is 0. The molecule has 0 unspecified atom stereocenters. The first kappa shape index (κ1) is 16.3. The minimum atomic E-state index is -0.776. The number of carbonyl (C=O) groups is 2. The Morgan fingerprint density at radius 3 is 2.64 bits per heavy atom. The molecule has 1 amide bonds. The summed E-state index contributed by atoms with van der Waals surface area (Å²) in [5, 5.41) is 2.89. The fourth-order valence-corrected chi connectivity index (χ4v) is 1.99. The van der Waals surface area contributed by atoms with Gasteiger partial charge in [-0.1, -0.05) is 29.3 Å². The maximum absolute atomic E-state index is 13.0. The van der Waals surface area contributed by atoms with Crippen LogP contribution in [-0.4, -0.2) is 18.5 Å². The van der Waals surface area contributed by atoms with Crippen molar-refractivity contribution in [2.45, 2.75) is 0 Å². The molecule has 114 valence electrons. The van der Waals surface area contributed by atoms with E-state index < -0.39 is 24.3 Å².